The largest absolute Gasteiger partial charge is 0.457 e. The number of aryl methyl sites for hydroxylation is 1. The van der Waals surface area contributed by atoms with Crippen LogP contribution in [0, 0.1) is 17.0 Å². The SMILES string of the molecule is Cc1cccc(CN2C(=O)N/C(=C/c3ccc(-c4cccc([N+](=O)[O-])c4)o3)C2=O)c1. The lowest BCUT2D eigenvalue weighted by atomic mass is 10.1. The molecule has 3 amide bonds. The Morgan fingerprint density at radius 3 is 2.67 bits per heavy atom. The second-order valence-corrected chi connectivity index (χ2v) is 6.88. The molecule has 3 aromatic rings. The summed E-state index contributed by atoms with van der Waals surface area (Å²) in [4.78, 5) is 36.5. The van der Waals surface area contributed by atoms with E-state index in [1.807, 2.05) is 31.2 Å². The Balaban J connectivity index is 1.54. The number of hydrogen-bond donors (Lipinski definition) is 1. The molecule has 0 saturated carbocycles. The first-order chi connectivity index (χ1) is 14.4. The summed E-state index contributed by atoms with van der Waals surface area (Å²) in [5.41, 5.74) is 2.49. The van der Waals surface area contributed by atoms with Crippen molar-refractivity contribution < 1.29 is 18.9 Å². The average Bonchev–Trinajstić information content (AvgIpc) is 3.29. The number of amides is 3. The van der Waals surface area contributed by atoms with Gasteiger partial charge in [-0.25, -0.2) is 4.79 Å². The quantitative estimate of drug-likeness (QED) is 0.297. The van der Waals surface area contributed by atoms with Gasteiger partial charge in [0, 0.05) is 23.8 Å². The lowest BCUT2D eigenvalue weighted by Gasteiger charge is -2.12. The van der Waals surface area contributed by atoms with E-state index in [1.165, 1.54) is 18.2 Å². The second kappa shape index (κ2) is 7.67. The molecular formula is C22H17N3O5. The number of urea groups is 1. The first-order valence-electron chi connectivity index (χ1n) is 9.15. The molecule has 1 N–H and O–H groups in total. The number of nitrogens with zero attached hydrogens (tertiary/aromatic N) is 2. The van der Waals surface area contributed by atoms with E-state index in [0.717, 1.165) is 16.0 Å². The molecule has 2 aromatic carbocycles. The van der Waals surface area contributed by atoms with Crippen LogP contribution in [-0.4, -0.2) is 21.8 Å². The first kappa shape index (κ1) is 19.1. The van der Waals surface area contributed by atoms with Crippen LogP contribution in [0.3, 0.4) is 0 Å². The molecule has 8 heteroatoms. The van der Waals surface area contributed by atoms with Crippen LogP contribution >= 0.6 is 0 Å². The van der Waals surface area contributed by atoms with Gasteiger partial charge in [-0.15, -0.1) is 0 Å². The summed E-state index contributed by atoms with van der Waals surface area (Å²) >= 11 is 0. The van der Waals surface area contributed by atoms with Crippen LogP contribution in [0.5, 0.6) is 0 Å². The van der Waals surface area contributed by atoms with Gasteiger partial charge in [-0.3, -0.25) is 19.8 Å². The third kappa shape index (κ3) is 3.83. The van der Waals surface area contributed by atoms with Gasteiger partial charge in [-0.1, -0.05) is 42.0 Å². The number of rotatable bonds is 5. The fourth-order valence-electron chi connectivity index (χ4n) is 3.21. The van der Waals surface area contributed by atoms with Crippen molar-refractivity contribution in [1.82, 2.24) is 10.2 Å². The van der Waals surface area contributed by atoms with Crippen LogP contribution in [0.15, 0.2) is 70.8 Å². The maximum absolute atomic E-state index is 12.7. The standard InChI is InChI=1S/C22H17N3O5/c1-14-4-2-5-15(10-14)13-24-21(26)19(23-22(24)27)12-18-8-9-20(30-18)16-6-3-7-17(11-16)25(28)29/h2-12H,13H2,1H3,(H,23,27)/b19-12+. The van der Waals surface area contributed by atoms with E-state index in [1.54, 1.807) is 24.3 Å². The van der Waals surface area contributed by atoms with Crippen LogP contribution in [0.25, 0.3) is 17.4 Å². The average molecular weight is 403 g/mol. The van der Waals surface area contributed by atoms with Crippen LogP contribution in [0.1, 0.15) is 16.9 Å². The van der Waals surface area contributed by atoms with Crippen LogP contribution in [0.4, 0.5) is 10.5 Å². The van der Waals surface area contributed by atoms with Crippen molar-refractivity contribution in [3.8, 4) is 11.3 Å². The van der Waals surface area contributed by atoms with E-state index in [2.05, 4.69) is 5.32 Å². The van der Waals surface area contributed by atoms with Crippen LogP contribution in [-0.2, 0) is 11.3 Å². The Morgan fingerprint density at radius 1 is 1.10 bits per heavy atom. The van der Waals surface area contributed by atoms with Crippen molar-refractivity contribution in [3.05, 3.63) is 93.4 Å². The van der Waals surface area contributed by atoms with Crippen LogP contribution in [0.2, 0.25) is 0 Å². The van der Waals surface area contributed by atoms with E-state index >= 15 is 0 Å². The molecule has 0 spiro atoms. The number of carbonyl (C=O) groups excluding carboxylic acids is 2. The summed E-state index contributed by atoms with van der Waals surface area (Å²) in [6.45, 7) is 2.11. The first-order valence-corrected chi connectivity index (χ1v) is 9.15. The minimum Gasteiger partial charge on any atom is -0.457 e. The van der Waals surface area contributed by atoms with E-state index in [0.29, 0.717) is 17.1 Å². The molecule has 0 unspecified atom stereocenters. The van der Waals surface area contributed by atoms with Gasteiger partial charge >= 0.3 is 6.03 Å². The molecule has 0 atom stereocenters. The van der Waals surface area contributed by atoms with E-state index < -0.39 is 16.9 Å². The molecule has 1 saturated heterocycles. The van der Waals surface area contributed by atoms with Gasteiger partial charge in [0.25, 0.3) is 11.6 Å². The Kier molecular flexibility index (Phi) is 4.89. The number of nitro benzene ring substituents is 1. The maximum atomic E-state index is 12.7. The summed E-state index contributed by atoms with van der Waals surface area (Å²) in [6, 6.07) is 16.4. The van der Waals surface area contributed by atoms with Gasteiger partial charge in [-0.05, 0) is 24.6 Å². The molecular weight excluding hydrogens is 386 g/mol. The molecule has 1 aromatic heterocycles. The van der Waals surface area contributed by atoms with E-state index in [9.17, 15) is 19.7 Å². The number of nitrogens with one attached hydrogen (secondary N) is 1. The van der Waals surface area contributed by atoms with Crippen LogP contribution < -0.4 is 5.32 Å². The van der Waals surface area contributed by atoms with Crippen molar-refractivity contribution in [3.63, 3.8) is 0 Å². The van der Waals surface area contributed by atoms with Gasteiger partial charge < -0.3 is 9.73 Å². The highest BCUT2D eigenvalue weighted by molar-refractivity contribution is 6.13. The van der Waals surface area contributed by atoms with Gasteiger partial charge in [0.2, 0.25) is 0 Å². The molecule has 1 aliphatic heterocycles. The molecule has 30 heavy (non-hydrogen) atoms. The van der Waals surface area contributed by atoms with Crippen molar-refractivity contribution >= 4 is 23.7 Å². The molecule has 8 nitrogen and oxygen atoms in total. The zero-order chi connectivity index (χ0) is 21.3. The van der Waals surface area contributed by atoms with Crippen molar-refractivity contribution in [2.24, 2.45) is 0 Å². The molecule has 4 rings (SSSR count). The van der Waals surface area contributed by atoms with Crippen molar-refractivity contribution in [2.45, 2.75) is 13.5 Å². The molecule has 0 bridgehead atoms. The number of benzene rings is 2. The highest BCUT2D eigenvalue weighted by Crippen LogP contribution is 2.27. The number of nitro groups is 1. The molecule has 1 aliphatic rings. The predicted molar refractivity (Wildman–Crippen MR) is 109 cm³/mol. The van der Waals surface area contributed by atoms with E-state index in [-0.39, 0.29) is 17.9 Å². The fourth-order valence-corrected chi connectivity index (χ4v) is 3.21. The summed E-state index contributed by atoms with van der Waals surface area (Å²) in [6.07, 6.45) is 1.44. The fraction of sp³-hybridized carbons (Fsp3) is 0.0909. The number of furan rings is 1. The number of carbonyl (C=O) groups is 2. The summed E-state index contributed by atoms with van der Waals surface area (Å²) in [5, 5.41) is 13.5. The molecule has 0 radical (unpaired) electrons. The molecule has 150 valence electrons. The Morgan fingerprint density at radius 2 is 1.90 bits per heavy atom. The Labute approximate surface area is 171 Å². The zero-order valence-electron chi connectivity index (χ0n) is 16.0. The third-order valence-corrected chi connectivity index (χ3v) is 4.64. The monoisotopic (exact) mass is 403 g/mol. The van der Waals surface area contributed by atoms with Gasteiger partial charge in [-0.2, -0.15) is 0 Å². The number of non-ortho nitro benzene ring substituents is 1. The summed E-state index contributed by atoms with van der Waals surface area (Å²) in [7, 11) is 0. The lowest BCUT2D eigenvalue weighted by molar-refractivity contribution is -0.384. The minimum absolute atomic E-state index is 0.0474. The maximum Gasteiger partial charge on any atom is 0.329 e. The zero-order valence-corrected chi connectivity index (χ0v) is 16.0. The third-order valence-electron chi connectivity index (χ3n) is 4.64. The number of imide groups is 1. The summed E-state index contributed by atoms with van der Waals surface area (Å²) < 4.78 is 5.70. The molecule has 1 fully saturated rings. The topological polar surface area (TPSA) is 106 Å². The second-order valence-electron chi connectivity index (χ2n) is 6.88. The smallest absolute Gasteiger partial charge is 0.329 e. The van der Waals surface area contributed by atoms with E-state index in [4.69, 9.17) is 4.42 Å². The van der Waals surface area contributed by atoms with Gasteiger partial charge in [0.1, 0.15) is 17.2 Å². The Bertz CT molecular complexity index is 1190. The van der Waals surface area contributed by atoms with Gasteiger partial charge in [0.05, 0.1) is 11.5 Å². The van der Waals surface area contributed by atoms with Gasteiger partial charge in [0.15, 0.2) is 0 Å². The van der Waals surface area contributed by atoms with Crippen molar-refractivity contribution in [1.29, 1.82) is 0 Å². The normalized spacial score (nSPS) is 15.0. The highest BCUT2D eigenvalue weighted by atomic mass is 16.6. The molecule has 2 heterocycles. The minimum atomic E-state index is -0.502. The number of hydrogen-bond acceptors (Lipinski definition) is 5. The summed E-state index contributed by atoms with van der Waals surface area (Å²) in [5.74, 6) is 0.311. The highest BCUT2D eigenvalue weighted by Gasteiger charge is 2.33. The molecule has 0 aliphatic carbocycles. The Hall–Kier alpha value is -4.20. The van der Waals surface area contributed by atoms with Crippen molar-refractivity contribution in [2.75, 3.05) is 0 Å². The lowest BCUT2D eigenvalue weighted by Crippen LogP contribution is -2.30. The predicted octanol–water partition coefficient (Wildman–Crippen LogP) is 4.26.